The van der Waals surface area contributed by atoms with E-state index in [2.05, 4.69) is 17.5 Å². The first kappa shape index (κ1) is 17.8. The molecule has 2 heterocycles. The molecule has 3 rings (SSSR count). The Morgan fingerprint density at radius 2 is 2.08 bits per heavy atom. The molecule has 0 spiro atoms. The van der Waals surface area contributed by atoms with Crippen LogP contribution < -0.4 is 9.47 Å². The lowest BCUT2D eigenvalue weighted by Crippen LogP contribution is -2.30. The fourth-order valence-corrected chi connectivity index (χ4v) is 4.24. The zero-order valence-electron chi connectivity index (χ0n) is 14.9. The van der Waals surface area contributed by atoms with Crippen molar-refractivity contribution in [3.05, 3.63) is 46.2 Å². The third kappa shape index (κ3) is 4.15. The molecule has 0 bridgehead atoms. The molecule has 1 unspecified atom stereocenters. The summed E-state index contributed by atoms with van der Waals surface area (Å²) in [6.07, 6.45) is 4.57. The molecule has 0 N–H and O–H groups in total. The second-order valence-electron chi connectivity index (χ2n) is 6.29. The van der Waals surface area contributed by atoms with Gasteiger partial charge in [-0.25, -0.2) is 0 Å². The van der Waals surface area contributed by atoms with Gasteiger partial charge in [0.2, 0.25) is 5.91 Å². The highest BCUT2D eigenvalue weighted by Crippen LogP contribution is 2.37. The fraction of sp³-hybridized carbons (Fsp3) is 0.450. The van der Waals surface area contributed by atoms with Gasteiger partial charge >= 0.3 is 0 Å². The van der Waals surface area contributed by atoms with E-state index in [1.165, 1.54) is 4.88 Å². The summed E-state index contributed by atoms with van der Waals surface area (Å²) in [6.45, 7) is 0.844. The Labute approximate surface area is 153 Å². The quantitative estimate of drug-likeness (QED) is 0.733. The zero-order valence-corrected chi connectivity index (χ0v) is 15.7. The van der Waals surface area contributed by atoms with Crippen molar-refractivity contribution >= 4 is 17.2 Å². The normalized spacial score (nSPS) is 16.9. The molecule has 1 aromatic carbocycles. The van der Waals surface area contributed by atoms with E-state index in [9.17, 15) is 4.79 Å². The van der Waals surface area contributed by atoms with Crippen LogP contribution in [0.4, 0.5) is 0 Å². The molecule has 5 heteroatoms. The van der Waals surface area contributed by atoms with E-state index in [-0.39, 0.29) is 11.9 Å². The molecule has 4 nitrogen and oxygen atoms in total. The Bertz CT molecular complexity index is 699. The maximum absolute atomic E-state index is 12.7. The maximum atomic E-state index is 12.7. The van der Waals surface area contributed by atoms with Crippen LogP contribution in [-0.4, -0.2) is 31.6 Å². The van der Waals surface area contributed by atoms with Crippen molar-refractivity contribution in [3.8, 4) is 11.5 Å². The number of aryl methyl sites for hydroxylation is 1. The number of hydrogen-bond acceptors (Lipinski definition) is 4. The molecular weight excluding hydrogens is 334 g/mol. The van der Waals surface area contributed by atoms with E-state index in [0.29, 0.717) is 6.42 Å². The summed E-state index contributed by atoms with van der Waals surface area (Å²) < 4.78 is 10.7. The summed E-state index contributed by atoms with van der Waals surface area (Å²) >= 11 is 1.76. The van der Waals surface area contributed by atoms with Gasteiger partial charge < -0.3 is 14.4 Å². The van der Waals surface area contributed by atoms with Crippen molar-refractivity contribution in [3.63, 3.8) is 0 Å². The topological polar surface area (TPSA) is 38.8 Å². The van der Waals surface area contributed by atoms with Gasteiger partial charge in [-0.2, -0.15) is 0 Å². The summed E-state index contributed by atoms with van der Waals surface area (Å²) in [4.78, 5) is 16.1. The fourth-order valence-electron chi connectivity index (χ4n) is 3.48. The molecule has 1 atom stereocenters. The van der Waals surface area contributed by atoms with Crippen LogP contribution in [0, 0.1) is 0 Å². The number of methoxy groups -OCH3 is 2. The summed E-state index contributed by atoms with van der Waals surface area (Å²) in [5.41, 5.74) is 1.13. The Balaban J connectivity index is 1.64. The number of carbonyl (C=O) groups is 1. The molecule has 1 saturated heterocycles. The third-order valence-electron chi connectivity index (χ3n) is 4.76. The number of thiophene rings is 1. The van der Waals surface area contributed by atoms with Gasteiger partial charge in [-0.15, -0.1) is 11.3 Å². The molecule has 2 aromatic rings. The van der Waals surface area contributed by atoms with Gasteiger partial charge in [0.25, 0.3) is 0 Å². The van der Waals surface area contributed by atoms with Gasteiger partial charge in [0.1, 0.15) is 0 Å². The SMILES string of the molecule is COc1ccc(C2CCCN2C(=O)CCCc2cccs2)cc1OC. The van der Waals surface area contributed by atoms with Gasteiger partial charge in [-0.1, -0.05) is 12.1 Å². The standard InChI is InChI=1S/C20H25NO3S/c1-23-18-11-10-15(14-19(18)24-2)17-8-4-12-21(17)20(22)9-3-6-16-7-5-13-25-16/h5,7,10-11,13-14,17H,3-4,6,8-9,12H2,1-2H3. The van der Waals surface area contributed by atoms with Crippen LogP contribution in [0.2, 0.25) is 0 Å². The van der Waals surface area contributed by atoms with E-state index in [4.69, 9.17) is 9.47 Å². The van der Waals surface area contributed by atoms with Crippen molar-refractivity contribution in [2.75, 3.05) is 20.8 Å². The number of likely N-dealkylation sites (tertiary alicyclic amines) is 1. The molecule has 134 valence electrons. The lowest BCUT2D eigenvalue weighted by atomic mass is 10.0. The number of nitrogens with zero attached hydrogens (tertiary/aromatic N) is 1. The second-order valence-corrected chi connectivity index (χ2v) is 7.32. The van der Waals surface area contributed by atoms with Crippen molar-refractivity contribution < 1.29 is 14.3 Å². The molecule has 1 amide bonds. The smallest absolute Gasteiger partial charge is 0.223 e. The minimum absolute atomic E-state index is 0.147. The van der Waals surface area contributed by atoms with Gasteiger partial charge in [-0.05, 0) is 54.8 Å². The largest absolute Gasteiger partial charge is 0.493 e. The first-order valence-electron chi connectivity index (χ1n) is 8.76. The Morgan fingerprint density at radius 1 is 1.24 bits per heavy atom. The van der Waals surface area contributed by atoms with Crippen LogP contribution in [0.5, 0.6) is 11.5 Å². The average Bonchev–Trinajstić information content (AvgIpc) is 3.32. The lowest BCUT2D eigenvalue weighted by Gasteiger charge is -2.26. The molecule has 1 aliphatic heterocycles. The molecule has 0 saturated carbocycles. The number of amides is 1. The summed E-state index contributed by atoms with van der Waals surface area (Å²) in [7, 11) is 3.28. The van der Waals surface area contributed by atoms with Crippen LogP contribution in [0.25, 0.3) is 0 Å². The minimum Gasteiger partial charge on any atom is -0.493 e. The first-order valence-corrected chi connectivity index (χ1v) is 9.64. The molecule has 0 radical (unpaired) electrons. The molecule has 1 aromatic heterocycles. The van der Waals surface area contributed by atoms with E-state index in [0.717, 1.165) is 49.3 Å². The number of benzene rings is 1. The summed E-state index contributed by atoms with van der Waals surface area (Å²) in [6, 6.07) is 10.3. The van der Waals surface area contributed by atoms with E-state index in [1.54, 1.807) is 25.6 Å². The highest BCUT2D eigenvalue weighted by molar-refractivity contribution is 7.09. The van der Waals surface area contributed by atoms with Crippen LogP contribution in [-0.2, 0) is 11.2 Å². The molecule has 1 fully saturated rings. The first-order chi connectivity index (χ1) is 12.2. The second kappa shape index (κ2) is 8.39. The third-order valence-corrected chi connectivity index (χ3v) is 5.70. The van der Waals surface area contributed by atoms with Crippen LogP contribution in [0.15, 0.2) is 35.7 Å². The zero-order chi connectivity index (χ0) is 17.6. The monoisotopic (exact) mass is 359 g/mol. The molecule has 25 heavy (non-hydrogen) atoms. The summed E-state index contributed by atoms with van der Waals surface area (Å²) in [5.74, 6) is 1.70. The lowest BCUT2D eigenvalue weighted by molar-refractivity contribution is -0.132. The predicted octanol–water partition coefficient (Wildman–Crippen LogP) is 4.45. The molecular formula is C20H25NO3S. The number of carbonyl (C=O) groups excluding carboxylic acids is 1. The van der Waals surface area contributed by atoms with Crippen molar-refractivity contribution in [2.24, 2.45) is 0 Å². The Kier molecular flexibility index (Phi) is 5.97. The van der Waals surface area contributed by atoms with Gasteiger partial charge in [0.15, 0.2) is 11.5 Å². The maximum Gasteiger partial charge on any atom is 0.223 e. The van der Waals surface area contributed by atoms with Gasteiger partial charge in [0, 0.05) is 17.8 Å². The van der Waals surface area contributed by atoms with Crippen LogP contribution >= 0.6 is 11.3 Å². The van der Waals surface area contributed by atoms with E-state index in [1.807, 2.05) is 23.1 Å². The molecule has 1 aliphatic rings. The van der Waals surface area contributed by atoms with Crippen molar-refractivity contribution in [1.82, 2.24) is 4.90 Å². The molecule has 0 aliphatic carbocycles. The number of rotatable bonds is 7. The Hall–Kier alpha value is -2.01. The highest BCUT2D eigenvalue weighted by Gasteiger charge is 2.30. The summed E-state index contributed by atoms with van der Waals surface area (Å²) in [5, 5.41) is 2.09. The Morgan fingerprint density at radius 3 is 2.80 bits per heavy atom. The van der Waals surface area contributed by atoms with Gasteiger partial charge in [-0.3, -0.25) is 4.79 Å². The van der Waals surface area contributed by atoms with Crippen molar-refractivity contribution in [1.29, 1.82) is 0 Å². The average molecular weight is 359 g/mol. The minimum atomic E-state index is 0.147. The predicted molar refractivity (Wildman–Crippen MR) is 100 cm³/mol. The highest BCUT2D eigenvalue weighted by atomic mass is 32.1. The van der Waals surface area contributed by atoms with Crippen LogP contribution in [0.1, 0.15) is 42.2 Å². The van der Waals surface area contributed by atoms with Crippen molar-refractivity contribution in [2.45, 2.75) is 38.1 Å². The number of hydrogen-bond donors (Lipinski definition) is 0. The van der Waals surface area contributed by atoms with Crippen LogP contribution in [0.3, 0.4) is 0 Å². The van der Waals surface area contributed by atoms with Gasteiger partial charge in [0.05, 0.1) is 20.3 Å². The van der Waals surface area contributed by atoms with E-state index >= 15 is 0 Å². The van der Waals surface area contributed by atoms with E-state index < -0.39 is 0 Å². The number of ether oxygens (including phenoxy) is 2.